The summed E-state index contributed by atoms with van der Waals surface area (Å²) in [5, 5.41) is 3.75. The van der Waals surface area contributed by atoms with Crippen LogP contribution in [0.4, 0.5) is 11.4 Å². The molecule has 0 aliphatic heterocycles. The van der Waals surface area contributed by atoms with Gasteiger partial charge in [0.2, 0.25) is 10.0 Å². The largest absolute Gasteiger partial charge is 0.321 e. The summed E-state index contributed by atoms with van der Waals surface area (Å²) >= 11 is 0. The molecule has 0 atom stereocenters. The zero-order valence-corrected chi connectivity index (χ0v) is 17.7. The number of benzene rings is 3. The number of carbonyl (C=O) groups excluding carboxylic acids is 1. The highest BCUT2D eigenvalue weighted by Crippen LogP contribution is 2.25. The molecule has 0 unspecified atom stereocenters. The normalized spacial score (nSPS) is 11.3. The van der Waals surface area contributed by atoms with Crippen molar-refractivity contribution in [2.75, 3.05) is 10.0 Å². The van der Waals surface area contributed by atoms with E-state index < -0.39 is 10.0 Å². The van der Waals surface area contributed by atoms with Gasteiger partial charge >= 0.3 is 0 Å². The summed E-state index contributed by atoms with van der Waals surface area (Å²) < 4.78 is 27.5. The highest BCUT2D eigenvalue weighted by molar-refractivity contribution is 7.91. The Morgan fingerprint density at radius 2 is 1.74 bits per heavy atom. The quantitative estimate of drug-likeness (QED) is 0.462. The number of aryl methyl sites for hydroxylation is 1. The Hall–Kier alpha value is -3.71. The van der Waals surface area contributed by atoms with Crippen LogP contribution in [0.25, 0.3) is 10.9 Å². The molecule has 0 aliphatic carbocycles. The summed E-state index contributed by atoms with van der Waals surface area (Å²) in [4.78, 5) is 17.2. The molecule has 0 saturated heterocycles. The Kier molecular flexibility index (Phi) is 5.68. The van der Waals surface area contributed by atoms with Gasteiger partial charge in [-0.15, -0.1) is 0 Å². The molecule has 2 N–H and O–H groups in total. The number of carbonyl (C=O) groups is 1. The van der Waals surface area contributed by atoms with Crippen LogP contribution < -0.4 is 10.0 Å². The van der Waals surface area contributed by atoms with E-state index in [2.05, 4.69) is 15.0 Å². The van der Waals surface area contributed by atoms with E-state index in [0.717, 1.165) is 16.5 Å². The lowest BCUT2D eigenvalue weighted by molar-refractivity contribution is 0.102. The van der Waals surface area contributed by atoms with Gasteiger partial charge in [0.15, 0.2) is 0 Å². The SMILES string of the molecule is Cc1ccc(NC(=O)c2cccc(NS(=O)(=O)Cc3ccccc3)c2)c2cccnc12. The van der Waals surface area contributed by atoms with E-state index in [-0.39, 0.29) is 11.7 Å². The van der Waals surface area contributed by atoms with Crippen LogP contribution in [0.2, 0.25) is 0 Å². The van der Waals surface area contributed by atoms with E-state index >= 15 is 0 Å². The van der Waals surface area contributed by atoms with Gasteiger partial charge in [-0.1, -0.05) is 42.5 Å². The van der Waals surface area contributed by atoms with Crippen molar-refractivity contribution < 1.29 is 13.2 Å². The molecule has 4 rings (SSSR count). The molecule has 1 amide bonds. The molecule has 31 heavy (non-hydrogen) atoms. The second-order valence-corrected chi connectivity index (χ2v) is 8.93. The smallest absolute Gasteiger partial charge is 0.255 e. The zero-order chi connectivity index (χ0) is 21.8. The maximum Gasteiger partial charge on any atom is 0.255 e. The molecule has 0 saturated carbocycles. The lowest BCUT2D eigenvalue weighted by atomic mass is 10.1. The van der Waals surface area contributed by atoms with Crippen molar-refractivity contribution in [2.24, 2.45) is 0 Å². The molecule has 0 spiro atoms. The second kappa shape index (κ2) is 8.57. The van der Waals surface area contributed by atoms with Gasteiger partial charge in [0.25, 0.3) is 5.91 Å². The van der Waals surface area contributed by atoms with Gasteiger partial charge in [0.1, 0.15) is 0 Å². The van der Waals surface area contributed by atoms with Gasteiger partial charge in [-0.25, -0.2) is 8.42 Å². The minimum absolute atomic E-state index is 0.146. The molecule has 6 nitrogen and oxygen atoms in total. The van der Waals surface area contributed by atoms with Crippen molar-refractivity contribution in [3.8, 4) is 0 Å². The number of sulfonamides is 1. The van der Waals surface area contributed by atoms with Crippen molar-refractivity contribution in [3.05, 3.63) is 102 Å². The van der Waals surface area contributed by atoms with E-state index in [0.29, 0.717) is 22.5 Å². The average molecular weight is 432 g/mol. The van der Waals surface area contributed by atoms with E-state index in [1.54, 1.807) is 48.7 Å². The number of nitrogens with one attached hydrogen (secondary N) is 2. The van der Waals surface area contributed by atoms with Crippen LogP contribution in [0.3, 0.4) is 0 Å². The minimum atomic E-state index is -3.61. The minimum Gasteiger partial charge on any atom is -0.321 e. The van der Waals surface area contributed by atoms with Crippen LogP contribution >= 0.6 is 0 Å². The first kappa shape index (κ1) is 20.6. The highest BCUT2D eigenvalue weighted by atomic mass is 32.2. The van der Waals surface area contributed by atoms with Crippen LogP contribution in [0.15, 0.2) is 85.1 Å². The van der Waals surface area contributed by atoms with Crippen LogP contribution in [0.5, 0.6) is 0 Å². The molecular weight excluding hydrogens is 410 g/mol. The Bertz CT molecular complexity index is 1350. The van der Waals surface area contributed by atoms with Crippen molar-refractivity contribution in [1.29, 1.82) is 0 Å². The maximum absolute atomic E-state index is 12.8. The molecule has 4 aromatic rings. The lowest BCUT2D eigenvalue weighted by Gasteiger charge is -2.12. The first-order valence-corrected chi connectivity index (χ1v) is 11.4. The van der Waals surface area contributed by atoms with Gasteiger partial charge in [-0.05, 0) is 54.4 Å². The number of hydrogen-bond acceptors (Lipinski definition) is 4. The van der Waals surface area contributed by atoms with E-state index in [1.807, 2.05) is 37.3 Å². The Morgan fingerprint density at radius 3 is 2.55 bits per heavy atom. The summed E-state index contributed by atoms with van der Waals surface area (Å²) in [7, 11) is -3.61. The number of nitrogens with zero attached hydrogens (tertiary/aromatic N) is 1. The number of pyridine rings is 1. The van der Waals surface area contributed by atoms with Gasteiger partial charge in [0, 0.05) is 22.8 Å². The molecule has 0 radical (unpaired) electrons. The average Bonchev–Trinajstić information content (AvgIpc) is 2.76. The fourth-order valence-electron chi connectivity index (χ4n) is 3.35. The summed E-state index contributed by atoms with van der Waals surface area (Å²) in [5.74, 6) is -0.481. The van der Waals surface area contributed by atoms with Gasteiger partial charge < -0.3 is 5.32 Å². The van der Waals surface area contributed by atoms with Gasteiger partial charge in [0.05, 0.1) is 17.0 Å². The Morgan fingerprint density at radius 1 is 0.935 bits per heavy atom. The third-order valence-electron chi connectivity index (χ3n) is 4.82. The molecule has 0 aliphatic rings. The first-order chi connectivity index (χ1) is 14.9. The van der Waals surface area contributed by atoms with Crippen LogP contribution in [-0.4, -0.2) is 19.3 Å². The predicted octanol–water partition coefficient (Wildman–Crippen LogP) is 4.74. The third kappa shape index (κ3) is 4.90. The molecular formula is C24H21N3O3S. The molecule has 7 heteroatoms. The van der Waals surface area contributed by atoms with Crippen molar-refractivity contribution in [2.45, 2.75) is 12.7 Å². The summed E-state index contributed by atoms with van der Waals surface area (Å²) in [6.45, 7) is 1.96. The van der Waals surface area contributed by atoms with Crippen molar-refractivity contribution in [1.82, 2.24) is 4.98 Å². The molecule has 3 aromatic carbocycles. The maximum atomic E-state index is 12.8. The van der Waals surface area contributed by atoms with Crippen LogP contribution in [0.1, 0.15) is 21.5 Å². The number of fused-ring (bicyclic) bond motifs is 1. The van der Waals surface area contributed by atoms with Gasteiger partial charge in [-0.2, -0.15) is 0 Å². The number of aromatic nitrogens is 1. The Balaban J connectivity index is 1.53. The number of amides is 1. The molecule has 0 bridgehead atoms. The molecule has 156 valence electrons. The van der Waals surface area contributed by atoms with E-state index in [9.17, 15) is 13.2 Å². The number of anilines is 2. The molecule has 1 aromatic heterocycles. The second-order valence-electron chi connectivity index (χ2n) is 7.21. The topological polar surface area (TPSA) is 88.2 Å². The zero-order valence-electron chi connectivity index (χ0n) is 16.9. The fourth-order valence-corrected chi connectivity index (χ4v) is 4.54. The number of hydrogen-bond donors (Lipinski definition) is 2. The predicted molar refractivity (Wildman–Crippen MR) is 124 cm³/mol. The summed E-state index contributed by atoms with van der Waals surface area (Å²) in [5.41, 5.74) is 3.85. The molecule has 0 fully saturated rings. The lowest BCUT2D eigenvalue weighted by Crippen LogP contribution is -2.16. The Labute approximate surface area is 181 Å². The fraction of sp³-hybridized carbons (Fsp3) is 0.0833. The van der Waals surface area contributed by atoms with E-state index in [4.69, 9.17) is 0 Å². The van der Waals surface area contributed by atoms with Crippen LogP contribution in [-0.2, 0) is 15.8 Å². The van der Waals surface area contributed by atoms with Crippen molar-refractivity contribution in [3.63, 3.8) is 0 Å². The number of rotatable bonds is 6. The summed E-state index contributed by atoms with van der Waals surface area (Å²) in [6.07, 6.45) is 1.71. The standard InChI is InChI=1S/C24H21N3O3S/c1-17-12-13-22(21-11-6-14-25-23(17)21)26-24(28)19-9-5-10-20(15-19)27-31(29,30)16-18-7-3-2-4-8-18/h2-15,27H,16H2,1H3,(H,26,28). The van der Waals surface area contributed by atoms with Crippen LogP contribution in [0, 0.1) is 6.92 Å². The monoisotopic (exact) mass is 431 g/mol. The first-order valence-electron chi connectivity index (χ1n) is 9.71. The summed E-state index contributed by atoms with van der Waals surface area (Å²) in [6, 6.07) is 22.8. The highest BCUT2D eigenvalue weighted by Gasteiger charge is 2.14. The molecule has 1 heterocycles. The third-order valence-corrected chi connectivity index (χ3v) is 6.08. The van der Waals surface area contributed by atoms with E-state index in [1.165, 1.54) is 6.07 Å². The van der Waals surface area contributed by atoms with Crippen molar-refractivity contribution >= 4 is 38.2 Å². The van der Waals surface area contributed by atoms with Gasteiger partial charge in [-0.3, -0.25) is 14.5 Å².